The highest BCUT2D eigenvalue weighted by atomic mass is 35.5. The number of hydrogen-bond acceptors (Lipinski definition) is 7. The van der Waals surface area contributed by atoms with Crippen LogP contribution in [0.25, 0.3) is 22.3 Å². The number of fused-ring (bicyclic) bond motifs is 1. The van der Waals surface area contributed by atoms with E-state index in [0.29, 0.717) is 12.2 Å². The largest absolute Gasteiger partial charge is 0.457 e. The maximum Gasteiger partial charge on any atom is 0.237 e. The van der Waals surface area contributed by atoms with Crippen molar-refractivity contribution in [2.24, 2.45) is 5.73 Å². The van der Waals surface area contributed by atoms with Crippen molar-refractivity contribution in [1.82, 2.24) is 25.1 Å². The SMILES string of the molecule is CCCC(N)C(=O)NC1CCC(n2nc(-c3ccc(Oc4ccccc4)cc3)c3c(N)ncnc32)CC1.Cl. The normalized spacial score (nSPS) is 17.9. The van der Waals surface area contributed by atoms with E-state index >= 15 is 0 Å². The van der Waals surface area contributed by atoms with Gasteiger partial charge in [0, 0.05) is 11.6 Å². The molecule has 38 heavy (non-hydrogen) atoms. The molecule has 0 bridgehead atoms. The van der Waals surface area contributed by atoms with E-state index in [-0.39, 0.29) is 30.4 Å². The summed E-state index contributed by atoms with van der Waals surface area (Å²) in [6, 6.07) is 17.3. The van der Waals surface area contributed by atoms with E-state index in [1.165, 1.54) is 6.33 Å². The van der Waals surface area contributed by atoms with Crippen molar-refractivity contribution in [3.63, 3.8) is 0 Å². The van der Waals surface area contributed by atoms with Gasteiger partial charge in [-0.3, -0.25) is 4.79 Å². The molecule has 5 N–H and O–H groups in total. The predicted molar refractivity (Wildman–Crippen MR) is 151 cm³/mol. The number of ether oxygens (including phenoxy) is 1. The third-order valence-corrected chi connectivity index (χ3v) is 6.95. The van der Waals surface area contributed by atoms with Gasteiger partial charge in [0.15, 0.2) is 5.65 Å². The van der Waals surface area contributed by atoms with Crippen LogP contribution in [0.5, 0.6) is 11.5 Å². The van der Waals surface area contributed by atoms with E-state index in [0.717, 1.165) is 65.9 Å². The number of aromatic nitrogens is 4. The molecule has 2 aromatic heterocycles. The number of anilines is 1. The highest BCUT2D eigenvalue weighted by Gasteiger charge is 2.28. The zero-order chi connectivity index (χ0) is 25.8. The minimum Gasteiger partial charge on any atom is -0.457 e. The highest BCUT2D eigenvalue weighted by molar-refractivity contribution is 5.98. The standard InChI is InChI=1S/C28H33N7O2.ClH/c1-2-6-23(29)28(36)33-19-11-13-20(14-12-19)35-27-24(26(30)31-17-32-27)25(34-35)18-9-15-22(16-10-18)37-21-7-4-3-5-8-21;/h3-5,7-10,15-17,19-20,23H,2,6,11-14,29H2,1H3,(H,33,36)(H2,30,31,32);1H. The molecule has 4 aromatic rings. The van der Waals surface area contributed by atoms with Crippen LogP contribution in [0.3, 0.4) is 0 Å². The van der Waals surface area contributed by atoms with Crippen LogP contribution in [0.15, 0.2) is 60.9 Å². The van der Waals surface area contributed by atoms with E-state index in [9.17, 15) is 4.79 Å². The van der Waals surface area contributed by atoms with Gasteiger partial charge < -0.3 is 21.5 Å². The molecule has 1 amide bonds. The number of nitrogen functional groups attached to an aromatic ring is 1. The van der Waals surface area contributed by atoms with Crippen molar-refractivity contribution in [2.45, 2.75) is 63.6 Å². The Labute approximate surface area is 228 Å². The molecule has 9 nitrogen and oxygen atoms in total. The molecule has 1 saturated carbocycles. The summed E-state index contributed by atoms with van der Waals surface area (Å²) in [5.41, 5.74) is 14.7. The fourth-order valence-electron chi connectivity index (χ4n) is 4.97. The van der Waals surface area contributed by atoms with E-state index in [4.69, 9.17) is 21.3 Å². The first-order valence-electron chi connectivity index (χ1n) is 12.9. The van der Waals surface area contributed by atoms with Gasteiger partial charge in [-0.25, -0.2) is 14.6 Å². The summed E-state index contributed by atoms with van der Waals surface area (Å²) in [7, 11) is 0. The summed E-state index contributed by atoms with van der Waals surface area (Å²) in [5, 5.41) is 8.86. The predicted octanol–water partition coefficient (Wildman–Crippen LogP) is 5.02. The van der Waals surface area contributed by atoms with Crippen molar-refractivity contribution >= 4 is 35.2 Å². The van der Waals surface area contributed by atoms with Crippen molar-refractivity contribution in [3.05, 3.63) is 60.9 Å². The van der Waals surface area contributed by atoms with Crippen LogP contribution in [0.4, 0.5) is 5.82 Å². The second-order valence-electron chi connectivity index (χ2n) is 9.60. The van der Waals surface area contributed by atoms with Crippen LogP contribution in [0.1, 0.15) is 51.5 Å². The molecule has 2 aromatic carbocycles. The van der Waals surface area contributed by atoms with Crippen LogP contribution < -0.4 is 21.5 Å². The molecular formula is C28H34ClN7O2. The molecule has 1 aliphatic carbocycles. The number of para-hydroxylation sites is 1. The van der Waals surface area contributed by atoms with Crippen LogP contribution in [-0.4, -0.2) is 37.7 Å². The number of nitrogens with zero attached hydrogens (tertiary/aromatic N) is 4. The molecule has 0 radical (unpaired) electrons. The Balaban J connectivity index is 0.00000336. The number of rotatable bonds is 8. The van der Waals surface area contributed by atoms with Gasteiger partial charge in [0.2, 0.25) is 5.91 Å². The monoisotopic (exact) mass is 535 g/mol. The fraction of sp³-hybridized carbons (Fsp3) is 0.357. The van der Waals surface area contributed by atoms with Gasteiger partial charge in [-0.15, -0.1) is 12.4 Å². The number of hydrogen-bond donors (Lipinski definition) is 3. The summed E-state index contributed by atoms with van der Waals surface area (Å²) >= 11 is 0. The van der Waals surface area contributed by atoms with Gasteiger partial charge in [-0.2, -0.15) is 5.10 Å². The zero-order valence-corrected chi connectivity index (χ0v) is 22.2. The summed E-state index contributed by atoms with van der Waals surface area (Å²) < 4.78 is 7.92. The van der Waals surface area contributed by atoms with Gasteiger partial charge in [-0.05, 0) is 68.5 Å². The van der Waals surface area contributed by atoms with Crippen molar-refractivity contribution in [1.29, 1.82) is 0 Å². The fourth-order valence-corrected chi connectivity index (χ4v) is 4.97. The van der Waals surface area contributed by atoms with Gasteiger partial charge in [0.25, 0.3) is 0 Å². The summed E-state index contributed by atoms with van der Waals surface area (Å²) in [6.45, 7) is 2.03. The highest BCUT2D eigenvalue weighted by Crippen LogP contribution is 2.36. The summed E-state index contributed by atoms with van der Waals surface area (Å²) in [6.07, 6.45) is 6.54. The minimum absolute atomic E-state index is 0. The number of nitrogens with two attached hydrogens (primary N) is 2. The molecule has 5 rings (SSSR count). The topological polar surface area (TPSA) is 134 Å². The van der Waals surface area contributed by atoms with Gasteiger partial charge in [0.1, 0.15) is 29.3 Å². The lowest BCUT2D eigenvalue weighted by Crippen LogP contribution is -2.46. The molecule has 1 unspecified atom stereocenters. The lowest BCUT2D eigenvalue weighted by atomic mass is 9.91. The molecule has 200 valence electrons. The summed E-state index contributed by atoms with van der Waals surface area (Å²) in [4.78, 5) is 21.1. The molecule has 0 saturated heterocycles. The number of amides is 1. The average Bonchev–Trinajstić information content (AvgIpc) is 3.31. The quantitative estimate of drug-likeness (QED) is 0.288. The summed E-state index contributed by atoms with van der Waals surface area (Å²) in [5.74, 6) is 1.86. The van der Waals surface area contributed by atoms with Crippen LogP contribution in [0, 0.1) is 0 Å². The average molecular weight is 536 g/mol. The zero-order valence-electron chi connectivity index (χ0n) is 21.4. The smallest absolute Gasteiger partial charge is 0.237 e. The van der Waals surface area contributed by atoms with Crippen LogP contribution >= 0.6 is 12.4 Å². The molecule has 2 heterocycles. The molecule has 1 atom stereocenters. The third kappa shape index (κ3) is 5.89. The Morgan fingerprint density at radius 3 is 2.42 bits per heavy atom. The Bertz CT molecular complexity index is 1350. The van der Waals surface area contributed by atoms with Crippen LogP contribution in [0.2, 0.25) is 0 Å². The molecule has 0 aliphatic heterocycles. The molecule has 1 fully saturated rings. The number of benzene rings is 2. The van der Waals surface area contributed by atoms with Gasteiger partial charge >= 0.3 is 0 Å². The Kier molecular flexibility index (Phi) is 8.81. The van der Waals surface area contributed by atoms with Crippen molar-refractivity contribution in [2.75, 3.05) is 5.73 Å². The maximum absolute atomic E-state index is 12.4. The first-order valence-corrected chi connectivity index (χ1v) is 12.9. The number of carbonyl (C=O) groups is 1. The minimum atomic E-state index is -0.440. The van der Waals surface area contributed by atoms with Crippen molar-refractivity contribution < 1.29 is 9.53 Å². The van der Waals surface area contributed by atoms with E-state index in [2.05, 4.69) is 15.3 Å². The van der Waals surface area contributed by atoms with Crippen molar-refractivity contribution in [3.8, 4) is 22.8 Å². The Morgan fingerprint density at radius 1 is 1.05 bits per heavy atom. The van der Waals surface area contributed by atoms with Gasteiger partial charge in [0.05, 0.1) is 17.5 Å². The second-order valence-corrected chi connectivity index (χ2v) is 9.60. The van der Waals surface area contributed by atoms with Crippen LogP contribution in [-0.2, 0) is 4.79 Å². The van der Waals surface area contributed by atoms with E-state index in [1.807, 2.05) is 66.2 Å². The Morgan fingerprint density at radius 2 is 1.74 bits per heavy atom. The number of carbonyl (C=O) groups excluding carboxylic acids is 1. The lowest BCUT2D eigenvalue weighted by molar-refractivity contribution is -0.123. The number of nitrogens with one attached hydrogen (secondary N) is 1. The molecular weight excluding hydrogens is 502 g/mol. The molecule has 1 aliphatic rings. The first kappa shape index (κ1) is 27.3. The lowest BCUT2D eigenvalue weighted by Gasteiger charge is -2.30. The van der Waals surface area contributed by atoms with E-state index < -0.39 is 6.04 Å². The number of halogens is 1. The second kappa shape index (κ2) is 12.2. The maximum atomic E-state index is 12.4. The van der Waals surface area contributed by atoms with E-state index in [1.54, 1.807) is 0 Å². The molecule has 10 heteroatoms. The first-order chi connectivity index (χ1) is 18.0. The van der Waals surface area contributed by atoms with Gasteiger partial charge in [-0.1, -0.05) is 31.5 Å². The third-order valence-electron chi connectivity index (χ3n) is 6.95. The Hall–Kier alpha value is -3.69. The molecule has 0 spiro atoms.